The standard InChI is InChI=1S/C15H20N2O2/c1-2-16-9-5-6-12(16)10-17-11-19-14-8-4-3-7-13(14)15(17)18/h3-4,7-8,12H,2,5-6,9-11H2,1H3/t12-/m0/s1. The second kappa shape index (κ2) is 5.21. The molecule has 4 heteroatoms. The predicted molar refractivity (Wildman–Crippen MR) is 73.2 cm³/mol. The number of likely N-dealkylation sites (N-methyl/N-ethyl adjacent to an activating group) is 1. The molecule has 4 nitrogen and oxygen atoms in total. The first-order valence-electron chi connectivity index (χ1n) is 7.04. The molecule has 19 heavy (non-hydrogen) atoms. The van der Waals surface area contributed by atoms with E-state index in [2.05, 4.69) is 11.8 Å². The van der Waals surface area contributed by atoms with Gasteiger partial charge in [-0.25, -0.2) is 0 Å². The highest BCUT2D eigenvalue weighted by Gasteiger charge is 2.30. The van der Waals surface area contributed by atoms with Gasteiger partial charge < -0.3 is 9.64 Å². The lowest BCUT2D eigenvalue weighted by Gasteiger charge is -2.33. The van der Waals surface area contributed by atoms with Crippen molar-refractivity contribution in [1.29, 1.82) is 0 Å². The number of hydrogen-bond donors (Lipinski definition) is 0. The average molecular weight is 260 g/mol. The van der Waals surface area contributed by atoms with Gasteiger partial charge in [0.05, 0.1) is 5.56 Å². The number of amides is 1. The van der Waals surface area contributed by atoms with E-state index in [1.165, 1.54) is 12.8 Å². The molecule has 1 saturated heterocycles. The molecule has 3 rings (SSSR count). The lowest BCUT2D eigenvalue weighted by Crippen LogP contribution is -2.46. The summed E-state index contributed by atoms with van der Waals surface area (Å²) in [5, 5.41) is 0. The number of para-hydroxylation sites is 1. The van der Waals surface area contributed by atoms with Crippen molar-refractivity contribution in [2.75, 3.05) is 26.4 Å². The summed E-state index contributed by atoms with van der Waals surface area (Å²) in [5.41, 5.74) is 0.690. The van der Waals surface area contributed by atoms with E-state index < -0.39 is 0 Å². The summed E-state index contributed by atoms with van der Waals surface area (Å²) in [6.45, 7) is 5.55. The van der Waals surface area contributed by atoms with Gasteiger partial charge in [-0.1, -0.05) is 19.1 Å². The van der Waals surface area contributed by atoms with Crippen molar-refractivity contribution >= 4 is 5.91 Å². The Bertz CT molecular complexity index is 475. The Morgan fingerprint density at radius 3 is 3.05 bits per heavy atom. The molecule has 0 radical (unpaired) electrons. The van der Waals surface area contributed by atoms with Crippen LogP contribution < -0.4 is 4.74 Å². The Balaban J connectivity index is 1.72. The van der Waals surface area contributed by atoms with Crippen molar-refractivity contribution in [3.05, 3.63) is 29.8 Å². The number of benzene rings is 1. The van der Waals surface area contributed by atoms with E-state index in [4.69, 9.17) is 4.74 Å². The molecule has 1 amide bonds. The zero-order valence-corrected chi connectivity index (χ0v) is 11.3. The number of ether oxygens (including phenoxy) is 1. The molecular weight excluding hydrogens is 240 g/mol. The Labute approximate surface area is 113 Å². The molecular formula is C15H20N2O2. The van der Waals surface area contributed by atoms with Crippen molar-refractivity contribution in [1.82, 2.24) is 9.80 Å². The first kappa shape index (κ1) is 12.5. The quantitative estimate of drug-likeness (QED) is 0.833. The molecule has 1 fully saturated rings. The topological polar surface area (TPSA) is 32.8 Å². The van der Waals surface area contributed by atoms with E-state index in [0.29, 0.717) is 24.1 Å². The van der Waals surface area contributed by atoms with Crippen molar-refractivity contribution in [2.45, 2.75) is 25.8 Å². The SMILES string of the molecule is CCN1CCC[C@H]1CN1COc2ccccc2C1=O. The number of carbonyl (C=O) groups excluding carboxylic acids is 1. The van der Waals surface area contributed by atoms with E-state index in [0.717, 1.165) is 19.6 Å². The first-order chi connectivity index (χ1) is 9.29. The van der Waals surface area contributed by atoms with E-state index in [-0.39, 0.29) is 5.91 Å². The van der Waals surface area contributed by atoms with Gasteiger partial charge in [0.15, 0.2) is 6.73 Å². The van der Waals surface area contributed by atoms with E-state index >= 15 is 0 Å². The Kier molecular flexibility index (Phi) is 3.42. The fourth-order valence-corrected chi connectivity index (χ4v) is 3.05. The van der Waals surface area contributed by atoms with E-state index in [9.17, 15) is 4.79 Å². The molecule has 2 aliphatic heterocycles. The van der Waals surface area contributed by atoms with Crippen LogP contribution in [-0.4, -0.2) is 48.1 Å². The molecule has 1 atom stereocenters. The van der Waals surface area contributed by atoms with Gasteiger partial charge in [-0.15, -0.1) is 0 Å². The molecule has 1 aromatic carbocycles. The van der Waals surface area contributed by atoms with Crippen LogP contribution in [0.2, 0.25) is 0 Å². The maximum Gasteiger partial charge on any atom is 0.260 e. The Morgan fingerprint density at radius 1 is 1.37 bits per heavy atom. The van der Waals surface area contributed by atoms with Gasteiger partial charge in [-0.05, 0) is 38.1 Å². The lowest BCUT2D eigenvalue weighted by molar-refractivity contribution is 0.0446. The van der Waals surface area contributed by atoms with Gasteiger partial charge in [0, 0.05) is 12.6 Å². The van der Waals surface area contributed by atoms with Crippen LogP contribution in [0.5, 0.6) is 5.75 Å². The van der Waals surface area contributed by atoms with Crippen LogP contribution >= 0.6 is 0 Å². The van der Waals surface area contributed by atoms with Gasteiger partial charge in [-0.3, -0.25) is 9.69 Å². The number of fused-ring (bicyclic) bond motifs is 1. The Morgan fingerprint density at radius 2 is 2.21 bits per heavy atom. The van der Waals surface area contributed by atoms with Crippen molar-refractivity contribution in [3.63, 3.8) is 0 Å². The summed E-state index contributed by atoms with van der Waals surface area (Å²) >= 11 is 0. The zero-order chi connectivity index (χ0) is 13.2. The summed E-state index contributed by atoms with van der Waals surface area (Å²) in [7, 11) is 0. The van der Waals surface area contributed by atoms with Crippen LogP contribution in [0.25, 0.3) is 0 Å². The van der Waals surface area contributed by atoms with Crippen molar-refractivity contribution in [3.8, 4) is 5.75 Å². The first-order valence-corrected chi connectivity index (χ1v) is 7.04. The normalized spacial score (nSPS) is 23.3. The number of hydrogen-bond acceptors (Lipinski definition) is 3. The summed E-state index contributed by atoms with van der Waals surface area (Å²) in [4.78, 5) is 16.7. The summed E-state index contributed by atoms with van der Waals surface area (Å²) < 4.78 is 5.67. The zero-order valence-electron chi connectivity index (χ0n) is 11.3. The fourth-order valence-electron chi connectivity index (χ4n) is 3.05. The Hall–Kier alpha value is -1.55. The predicted octanol–water partition coefficient (Wildman–Crippen LogP) is 1.96. The van der Waals surface area contributed by atoms with Crippen LogP contribution in [0.4, 0.5) is 0 Å². The molecule has 1 aromatic rings. The number of carbonyl (C=O) groups is 1. The van der Waals surface area contributed by atoms with Gasteiger partial charge in [0.2, 0.25) is 0 Å². The number of rotatable bonds is 3. The van der Waals surface area contributed by atoms with Crippen molar-refractivity contribution in [2.24, 2.45) is 0 Å². The van der Waals surface area contributed by atoms with Crippen LogP contribution in [0.15, 0.2) is 24.3 Å². The van der Waals surface area contributed by atoms with Crippen LogP contribution in [0, 0.1) is 0 Å². The molecule has 0 aliphatic carbocycles. The summed E-state index contributed by atoms with van der Waals surface area (Å²) in [5.74, 6) is 0.812. The third-order valence-corrected chi connectivity index (χ3v) is 4.12. The maximum atomic E-state index is 12.4. The lowest BCUT2D eigenvalue weighted by atomic mass is 10.1. The molecule has 0 unspecified atom stereocenters. The van der Waals surface area contributed by atoms with Crippen LogP contribution in [0.3, 0.4) is 0 Å². The van der Waals surface area contributed by atoms with Crippen molar-refractivity contribution < 1.29 is 9.53 Å². The van der Waals surface area contributed by atoms with Gasteiger partial charge in [-0.2, -0.15) is 0 Å². The number of likely N-dealkylation sites (tertiary alicyclic amines) is 1. The minimum atomic E-state index is 0.102. The average Bonchev–Trinajstić information content (AvgIpc) is 2.89. The minimum absolute atomic E-state index is 0.102. The third-order valence-electron chi connectivity index (χ3n) is 4.12. The molecule has 0 bridgehead atoms. The third kappa shape index (κ3) is 2.32. The van der Waals surface area contributed by atoms with Crippen LogP contribution in [-0.2, 0) is 0 Å². The molecule has 2 aliphatic rings. The monoisotopic (exact) mass is 260 g/mol. The molecule has 0 saturated carbocycles. The van der Waals surface area contributed by atoms with Gasteiger partial charge >= 0.3 is 0 Å². The highest BCUT2D eigenvalue weighted by molar-refractivity contribution is 5.97. The summed E-state index contributed by atoms with van der Waals surface area (Å²) in [6.07, 6.45) is 2.41. The summed E-state index contributed by atoms with van der Waals surface area (Å²) in [6, 6.07) is 7.98. The van der Waals surface area contributed by atoms with Gasteiger partial charge in [0.1, 0.15) is 5.75 Å². The smallest absolute Gasteiger partial charge is 0.260 e. The molecule has 2 heterocycles. The van der Waals surface area contributed by atoms with E-state index in [1.54, 1.807) is 0 Å². The molecule has 0 N–H and O–H groups in total. The second-order valence-corrected chi connectivity index (χ2v) is 5.22. The maximum absolute atomic E-state index is 12.4. The molecule has 0 aromatic heterocycles. The molecule has 0 spiro atoms. The van der Waals surface area contributed by atoms with Crippen LogP contribution in [0.1, 0.15) is 30.1 Å². The fraction of sp³-hybridized carbons (Fsp3) is 0.533. The highest BCUT2D eigenvalue weighted by atomic mass is 16.5. The van der Waals surface area contributed by atoms with E-state index in [1.807, 2.05) is 29.2 Å². The van der Waals surface area contributed by atoms with Gasteiger partial charge in [0.25, 0.3) is 5.91 Å². The highest BCUT2D eigenvalue weighted by Crippen LogP contribution is 2.26. The molecule has 102 valence electrons. The minimum Gasteiger partial charge on any atom is -0.472 e. The second-order valence-electron chi connectivity index (χ2n) is 5.22. The largest absolute Gasteiger partial charge is 0.472 e. The number of nitrogens with zero attached hydrogens (tertiary/aromatic N) is 2.